The summed E-state index contributed by atoms with van der Waals surface area (Å²) in [6, 6.07) is 4.94. The molecule has 1 aromatic rings. The van der Waals surface area contributed by atoms with Crippen LogP contribution in [0.3, 0.4) is 0 Å². The first kappa shape index (κ1) is 15.4. The molecule has 120 valence electrons. The van der Waals surface area contributed by atoms with E-state index in [0.717, 1.165) is 31.0 Å². The van der Waals surface area contributed by atoms with Gasteiger partial charge in [-0.05, 0) is 30.4 Å². The van der Waals surface area contributed by atoms with Gasteiger partial charge in [-0.15, -0.1) is 0 Å². The predicted molar refractivity (Wildman–Crippen MR) is 87.2 cm³/mol. The zero-order valence-corrected chi connectivity index (χ0v) is 13.2. The molecule has 0 spiro atoms. The van der Waals surface area contributed by atoms with E-state index in [9.17, 15) is 9.18 Å². The molecule has 0 saturated carbocycles. The summed E-state index contributed by atoms with van der Waals surface area (Å²) in [6.07, 6.45) is 0.273. The van der Waals surface area contributed by atoms with Gasteiger partial charge in [-0.2, -0.15) is 11.8 Å². The lowest BCUT2D eigenvalue weighted by atomic mass is 10.2. The van der Waals surface area contributed by atoms with E-state index in [2.05, 4.69) is 4.90 Å². The summed E-state index contributed by atoms with van der Waals surface area (Å²) in [6.45, 7) is 2.36. The monoisotopic (exact) mass is 325 g/mol. The van der Waals surface area contributed by atoms with Crippen LogP contribution in [0.1, 0.15) is 6.42 Å². The van der Waals surface area contributed by atoms with Crippen LogP contribution in [0.5, 0.6) is 0 Å². The molecule has 2 aliphatic rings. The number of anilines is 2. The maximum absolute atomic E-state index is 14.5. The first-order chi connectivity index (χ1) is 10.7. The predicted octanol–water partition coefficient (Wildman–Crippen LogP) is 2.05. The lowest BCUT2D eigenvalue weighted by Crippen LogP contribution is -2.28. The molecule has 1 aromatic carbocycles. The number of benzene rings is 1. The van der Waals surface area contributed by atoms with Crippen LogP contribution < -0.4 is 15.5 Å². The first-order valence-electron chi connectivity index (χ1n) is 7.49. The Morgan fingerprint density at radius 1 is 1.36 bits per heavy atom. The van der Waals surface area contributed by atoms with Crippen LogP contribution in [0.2, 0.25) is 0 Å². The van der Waals surface area contributed by atoms with Gasteiger partial charge < -0.3 is 15.4 Å². The van der Waals surface area contributed by atoms with Gasteiger partial charge in [0.1, 0.15) is 11.9 Å². The third-order valence-corrected chi connectivity index (χ3v) is 4.99. The van der Waals surface area contributed by atoms with Gasteiger partial charge in [0.15, 0.2) is 0 Å². The molecule has 0 unspecified atom stereocenters. The van der Waals surface area contributed by atoms with Crippen LogP contribution in [-0.2, 0) is 4.74 Å². The van der Waals surface area contributed by atoms with Crippen LogP contribution >= 0.6 is 11.8 Å². The Hall–Kier alpha value is -1.47. The minimum atomic E-state index is -0.464. The van der Waals surface area contributed by atoms with Crippen molar-refractivity contribution in [2.75, 3.05) is 47.5 Å². The van der Waals surface area contributed by atoms with Gasteiger partial charge >= 0.3 is 6.09 Å². The van der Waals surface area contributed by atoms with E-state index in [1.807, 2.05) is 11.8 Å². The van der Waals surface area contributed by atoms with Gasteiger partial charge in [-0.25, -0.2) is 9.18 Å². The largest absolute Gasteiger partial charge is 0.443 e. The molecule has 3 rings (SSSR count). The Morgan fingerprint density at radius 3 is 2.95 bits per heavy atom. The minimum Gasteiger partial charge on any atom is -0.443 e. The number of amides is 1. The molecule has 2 fully saturated rings. The summed E-state index contributed by atoms with van der Waals surface area (Å²) < 4.78 is 19.6. The smallest absolute Gasteiger partial charge is 0.414 e. The zero-order valence-electron chi connectivity index (χ0n) is 12.3. The third-order valence-electron chi connectivity index (χ3n) is 3.94. The minimum absolute atomic E-state index is 0.272. The summed E-state index contributed by atoms with van der Waals surface area (Å²) in [4.78, 5) is 15.3. The second-order valence-corrected chi connectivity index (χ2v) is 6.67. The molecule has 2 saturated heterocycles. The average molecular weight is 325 g/mol. The maximum atomic E-state index is 14.5. The van der Waals surface area contributed by atoms with Crippen molar-refractivity contribution in [1.82, 2.24) is 0 Å². The summed E-state index contributed by atoms with van der Waals surface area (Å²) in [5.41, 5.74) is 6.64. The van der Waals surface area contributed by atoms with Crippen LogP contribution in [0.15, 0.2) is 18.2 Å². The fraction of sp³-hybridized carbons (Fsp3) is 0.533. The summed E-state index contributed by atoms with van der Waals surface area (Å²) in [7, 11) is 0. The van der Waals surface area contributed by atoms with Gasteiger partial charge in [-0.1, -0.05) is 0 Å². The molecule has 2 heterocycles. The summed E-state index contributed by atoms with van der Waals surface area (Å²) in [5, 5.41) is 0. The highest BCUT2D eigenvalue weighted by atomic mass is 32.2. The Labute approximate surface area is 133 Å². The fourth-order valence-corrected chi connectivity index (χ4v) is 3.65. The molecule has 22 heavy (non-hydrogen) atoms. The van der Waals surface area contributed by atoms with Crippen molar-refractivity contribution < 1.29 is 13.9 Å². The lowest BCUT2D eigenvalue weighted by Gasteiger charge is -2.24. The van der Waals surface area contributed by atoms with E-state index in [1.54, 1.807) is 12.1 Å². The van der Waals surface area contributed by atoms with E-state index in [-0.39, 0.29) is 18.5 Å². The maximum Gasteiger partial charge on any atom is 0.414 e. The molecule has 0 aliphatic carbocycles. The van der Waals surface area contributed by atoms with E-state index in [1.165, 1.54) is 11.0 Å². The van der Waals surface area contributed by atoms with E-state index in [4.69, 9.17) is 10.5 Å². The standard InChI is InChI=1S/C15H20FN3O2S/c16-13-8-11(19-10-12(9-17)21-15(19)20)2-3-14(13)18-4-1-6-22-7-5-18/h2-3,8,12H,1,4-7,9-10,17H2/t12-/m0/s1. The van der Waals surface area contributed by atoms with Crippen LogP contribution in [0.25, 0.3) is 0 Å². The Balaban J connectivity index is 1.78. The number of hydrogen-bond donors (Lipinski definition) is 1. The third kappa shape index (κ3) is 3.15. The van der Waals surface area contributed by atoms with Crippen molar-refractivity contribution in [3.8, 4) is 0 Å². The van der Waals surface area contributed by atoms with Gasteiger partial charge in [0.2, 0.25) is 0 Å². The van der Waals surface area contributed by atoms with Crippen molar-refractivity contribution in [2.45, 2.75) is 12.5 Å². The molecular weight excluding hydrogens is 305 g/mol. The van der Waals surface area contributed by atoms with Crippen molar-refractivity contribution in [1.29, 1.82) is 0 Å². The molecular formula is C15H20FN3O2S. The zero-order chi connectivity index (χ0) is 15.5. The Bertz CT molecular complexity index is 550. The molecule has 0 aromatic heterocycles. The second kappa shape index (κ2) is 6.75. The molecule has 5 nitrogen and oxygen atoms in total. The molecule has 0 bridgehead atoms. The van der Waals surface area contributed by atoms with Crippen LogP contribution in [-0.4, -0.2) is 49.9 Å². The average Bonchev–Trinajstić information content (AvgIpc) is 2.73. The number of halogens is 1. The summed E-state index contributed by atoms with van der Waals surface area (Å²) in [5.74, 6) is 1.84. The second-order valence-electron chi connectivity index (χ2n) is 5.44. The number of nitrogens with zero attached hydrogens (tertiary/aromatic N) is 2. The highest BCUT2D eigenvalue weighted by Crippen LogP contribution is 2.28. The number of cyclic esters (lactones) is 1. The van der Waals surface area contributed by atoms with Gasteiger partial charge in [0, 0.05) is 25.4 Å². The van der Waals surface area contributed by atoms with Crippen molar-refractivity contribution in [3.05, 3.63) is 24.0 Å². The van der Waals surface area contributed by atoms with E-state index >= 15 is 0 Å². The normalized spacial score (nSPS) is 22.6. The fourth-order valence-electron chi connectivity index (χ4n) is 2.76. The van der Waals surface area contributed by atoms with Gasteiger partial charge in [0.25, 0.3) is 0 Å². The van der Waals surface area contributed by atoms with E-state index < -0.39 is 6.09 Å². The van der Waals surface area contributed by atoms with Crippen LogP contribution in [0, 0.1) is 5.82 Å². The number of carbonyl (C=O) groups excluding carboxylic acids is 1. The van der Waals surface area contributed by atoms with Gasteiger partial charge in [0.05, 0.1) is 17.9 Å². The molecule has 1 amide bonds. The number of nitrogens with two attached hydrogens (primary N) is 1. The molecule has 2 aliphatic heterocycles. The lowest BCUT2D eigenvalue weighted by molar-refractivity contribution is 0.145. The molecule has 0 radical (unpaired) electrons. The SMILES string of the molecule is NC[C@H]1CN(c2ccc(N3CCCSCC3)c(F)c2)C(=O)O1. The topological polar surface area (TPSA) is 58.8 Å². The van der Waals surface area contributed by atoms with Crippen molar-refractivity contribution >= 4 is 29.2 Å². The molecule has 1 atom stereocenters. The summed E-state index contributed by atoms with van der Waals surface area (Å²) >= 11 is 1.90. The first-order valence-corrected chi connectivity index (χ1v) is 8.65. The molecule has 7 heteroatoms. The van der Waals surface area contributed by atoms with Crippen LogP contribution in [0.4, 0.5) is 20.6 Å². The highest BCUT2D eigenvalue weighted by Gasteiger charge is 2.31. The number of ether oxygens (including phenoxy) is 1. The van der Waals surface area contributed by atoms with Crippen molar-refractivity contribution in [3.63, 3.8) is 0 Å². The number of hydrogen-bond acceptors (Lipinski definition) is 5. The Kier molecular flexibility index (Phi) is 4.73. The highest BCUT2D eigenvalue weighted by molar-refractivity contribution is 7.99. The quantitative estimate of drug-likeness (QED) is 0.922. The Morgan fingerprint density at radius 2 is 2.23 bits per heavy atom. The number of carbonyl (C=O) groups is 1. The van der Waals surface area contributed by atoms with Gasteiger partial charge in [-0.3, -0.25) is 4.90 Å². The number of rotatable bonds is 3. The molecule has 2 N–H and O–H groups in total. The number of thioether (sulfide) groups is 1. The van der Waals surface area contributed by atoms with E-state index in [0.29, 0.717) is 17.9 Å². The van der Waals surface area contributed by atoms with Crippen molar-refractivity contribution in [2.24, 2.45) is 5.73 Å².